The molecule has 0 radical (unpaired) electrons. The first-order chi connectivity index (χ1) is 11.5. The van der Waals surface area contributed by atoms with E-state index in [0.717, 1.165) is 5.56 Å². The highest BCUT2D eigenvalue weighted by Gasteiger charge is 2.07. The van der Waals surface area contributed by atoms with Crippen LogP contribution >= 0.6 is 0 Å². The predicted octanol–water partition coefficient (Wildman–Crippen LogP) is 2.53. The van der Waals surface area contributed by atoms with Gasteiger partial charge in [0.15, 0.2) is 0 Å². The van der Waals surface area contributed by atoms with Crippen LogP contribution in [0.1, 0.15) is 25.3 Å². The quantitative estimate of drug-likeness (QED) is 0.433. The van der Waals surface area contributed by atoms with Crippen molar-refractivity contribution in [3.05, 3.63) is 60.2 Å². The Kier molecular flexibility index (Phi) is 6.08. The standard InChI is InChI=1S/C18H20N4O2/c1-13(14-6-5-7-15(19)12-14)21-22-18(24)11-10-17(23)20-16-8-3-2-4-9-16/h2-9,12H,10-11,19H2,1H3,(H,20,23)(H,22,24). The van der Waals surface area contributed by atoms with E-state index in [-0.39, 0.29) is 24.7 Å². The lowest BCUT2D eigenvalue weighted by Crippen LogP contribution is -2.21. The number of hydrogen-bond acceptors (Lipinski definition) is 4. The van der Waals surface area contributed by atoms with Crippen molar-refractivity contribution in [1.82, 2.24) is 5.43 Å². The van der Waals surface area contributed by atoms with Crippen molar-refractivity contribution >= 4 is 28.9 Å². The molecule has 6 nitrogen and oxygen atoms in total. The van der Waals surface area contributed by atoms with Crippen molar-refractivity contribution in [2.75, 3.05) is 11.1 Å². The summed E-state index contributed by atoms with van der Waals surface area (Å²) < 4.78 is 0. The Morgan fingerprint density at radius 1 is 1.00 bits per heavy atom. The lowest BCUT2D eigenvalue weighted by molar-refractivity contribution is -0.124. The van der Waals surface area contributed by atoms with Gasteiger partial charge in [0.25, 0.3) is 0 Å². The Morgan fingerprint density at radius 2 is 1.71 bits per heavy atom. The number of para-hydroxylation sites is 1. The number of anilines is 2. The Labute approximate surface area is 140 Å². The molecule has 4 N–H and O–H groups in total. The summed E-state index contributed by atoms with van der Waals surface area (Å²) in [4.78, 5) is 23.6. The van der Waals surface area contributed by atoms with Gasteiger partial charge in [0.05, 0.1) is 5.71 Å². The number of benzene rings is 2. The summed E-state index contributed by atoms with van der Waals surface area (Å²) in [6.07, 6.45) is 0.153. The molecule has 0 heterocycles. The van der Waals surface area contributed by atoms with Crippen LogP contribution in [0.25, 0.3) is 0 Å². The van der Waals surface area contributed by atoms with Crippen molar-refractivity contribution in [3.63, 3.8) is 0 Å². The molecular formula is C18H20N4O2. The minimum atomic E-state index is -0.318. The zero-order valence-corrected chi connectivity index (χ0v) is 13.5. The first-order valence-electron chi connectivity index (χ1n) is 7.58. The van der Waals surface area contributed by atoms with Gasteiger partial charge >= 0.3 is 0 Å². The molecule has 0 saturated carbocycles. The van der Waals surface area contributed by atoms with Crippen LogP contribution in [-0.2, 0) is 9.59 Å². The molecule has 0 fully saturated rings. The molecule has 0 bridgehead atoms. The number of rotatable bonds is 6. The molecule has 0 saturated heterocycles. The minimum absolute atomic E-state index is 0.0619. The van der Waals surface area contributed by atoms with Gasteiger partial charge in [-0.3, -0.25) is 9.59 Å². The van der Waals surface area contributed by atoms with Crippen LogP contribution in [0.3, 0.4) is 0 Å². The van der Waals surface area contributed by atoms with Crippen molar-refractivity contribution in [2.24, 2.45) is 5.10 Å². The third-order valence-electron chi connectivity index (χ3n) is 3.29. The molecular weight excluding hydrogens is 304 g/mol. The topological polar surface area (TPSA) is 96.6 Å². The fourth-order valence-corrected chi connectivity index (χ4v) is 2.00. The van der Waals surface area contributed by atoms with Crippen molar-refractivity contribution in [3.8, 4) is 0 Å². The number of carbonyl (C=O) groups excluding carboxylic acids is 2. The highest BCUT2D eigenvalue weighted by molar-refractivity contribution is 6.00. The number of nitrogens with two attached hydrogens (primary N) is 1. The molecule has 2 aromatic carbocycles. The molecule has 0 aromatic heterocycles. The summed E-state index contributed by atoms with van der Waals surface area (Å²) in [6, 6.07) is 16.3. The summed E-state index contributed by atoms with van der Waals surface area (Å²) in [6.45, 7) is 1.77. The van der Waals surface area contributed by atoms with E-state index in [4.69, 9.17) is 5.73 Å². The van der Waals surface area contributed by atoms with Crippen LogP contribution in [0.4, 0.5) is 11.4 Å². The van der Waals surface area contributed by atoms with Crippen LogP contribution in [0, 0.1) is 0 Å². The molecule has 2 aromatic rings. The van der Waals surface area contributed by atoms with E-state index in [0.29, 0.717) is 17.1 Å². The fourth-order valence-electron chi connectivity index (χ4n) is 2.00. The number of hydrogen-bond donors (Lipinski definition) is 3. The second kappa shape index (κ2) is 8.47. The smallest absolute Gasteiger partial charge is 0.240 e. The van der Waals surface area contributed by atoms with Gasteiger partial charge in [-0.1, -0.05) is 30.3 Å². The Hall–Kier alpha value is -3.15. The van der Waals surface area contributed by atoms with Gasteiger partial charge in [0.1, 0.15) is 0 Å². The second-order valence-corrected chi connectivity index (χ2v) is 5.27. The maximum atomic E-state index is 11.8. The number of amides is 2. The van der Waals surface area contributed by atoms with Gasteiger partial charge in [0.2, 0.25) is 11.8 Å². The normalized spacial score (nSPS) is 11.0. The van der Waals surface area contributed by atoms with Crippen LogP contribution < -0.4 is 16.5 Å². The van der Waals surface area contributed by atoms with Crippen LogP contribution in [0.5, 0.6) is 0 Å². The van der Waals surface area contributed by atoms with Crippen LogP contribution in [0.15, 0.2) is 59.7 Å². The highest BCUT2D eigenvalue weighted by Crippen LogP contribution is 2.08. The Bertz CT molecular complexity index is 742. The molecule has 0 aliphatic heterocycles. The molecule has 0 spiro atoms. The molecule has 0 atom stereocenters. The van der Waals surface area contributed by atoms with Crippen molar-refractivity contribution in [2.45, 2.75) is 19.8 Å². The first-order valence-corrected chi connectivity index (χ1v) is 7.58. The predicted molar refractivity (Wildman–Crippen MR) is 95.5 cm³/mol. The van der Waals surface area contributed by atoms with Crippen LogP contribution in [0.2, 0.25) is 0 Å². The number of carbonyl (C=O) groups is 2. The van der Waals surface area contributed by atoms with E-state index < -0.39 is 0 Å². The maximum Gasteiger partial charge on any atom is 0.240 e. The van der Waals surface area contributed by atoms with Crippen LogP contribution in [-0.4, -0.2) is 17.5 Å². The number of hydrazone groups is 1. The van der Waals surface area contributed by atoms with Gasteiger partial charge in [-0.15, -0.1) is 0 Å². The highest BCUT2D eigenvalue weighted by atomic mass is 16.2. The van der Waals surface area contributed by atoms with E-state index in [2.05, 4.69) is 15.8 Å². The first kappa shape index (κ1) is 17.2. The molecule has 24 heavy (non-hydrogen) atoms. The summed E-state index contributed by atoms with van der Waals surface area (Å²) >= 11 is 0. The van der Waals surface area contributed by atoms with E-state index in [1.165, 1.54) is 0 Å². The molecule has 2 amide bonds. The number of nitrogen functional groups attached to an aromatic ring is 1. The molecule has 0 aliphatic rings. The molecule has 124 valence electrons. The SMILES string of the molecule is CC(=NNC(=O)CCC(=O)Nc1ccccc1)c1cccc(N)c1. The third kappa shape index (κ3) is 5.57. The zero-order chi connectivity index (χ0) is 17.4. The molecule has 2 rings (SSSR count). The summed E-state index contributed by atoms with van der Waals surface area (Å²) in [5.74, 6) is -0.533. The average molecular weight is 324 g/mol. The van der Waals surface area contributed by atoms with E-state index in [1.807, 2.05) is 30.3 Å². The maximum absolute atomic E-state index is 11.8. The van der Waals surface area contributed by atoms with Gasteiger partial charge in [-0.05, 0) is 36.8 Å². The minimum Gasteiger partial charge on any atom is -0.399 e. The Morgan fingerprint density at radius 3 is 2.42 bits per heavy atom. The largest absolute Gasteiger partial charge is 0.399 e. The van der Waals surface area contributed by atoms with Gasteiger partial charge in [-0.2, -0.15) is 5.10 Å². The fraction of sp³-hybridized carbons (Fsp3) is 0.167. The summed E-state index contributed by atoms with van der Waals surface area (Å²) in [5.41, 5.74) is 11.0. The van der Waals surface area contributed by atoms with Crippen molar-refractivity contribution < 1.29 is 9.59 Å². The van der Waals surface area contributed by atoms with E-state index in [9.17, 15) is 9.59 Å². The number of nitrogens with one attached hydrogen (secondary N) is 2. The molecule has 0 aliphatic carbocycles. The lowest BCUT2D eigenvalue weighted by atomic mass is 10.1. The van der Waals surface area contributed by atoms with Gasteiger partial charge in [0, 0.05) is 24.2 Å². The van der Waals surface area contributed by atoms with E-state index >= 15 is 0 Å². The zero-order valence-electron chi connectivity index (χ0n) is 13.5. The van der Waals surface area contributed by atoms with Gasteiger partial charge in [-0.25, -0.2) is 5.43 Å². The van der Waals surface area contributed by atoms with E-state index in [1.54, 1.807) is 31.2 Å². The number of nitrogens with zero attached hydrogens (tertiary/aromatic N) is 1. The van der Waals surface area contributed by atoms with Crippen molar-refractivity contribution in [1.29, 1.82) is 0 Å². The summed E-state index contributed by atoms with van der Waals surface area (Å²) in [5, 5.41) is 6.75. The third-order valence-corrected chi connectivity index (χ3v) is 3.29. The Balaban J connectivity index is 1.78. The average Bonchev–Trinajstić information content (AvgIpc) is 2.58. The molecule has 0 unspecified atom stereocenters. The van der Waals surface area contributed by atoms with Gasteiger partial charge < -0.3 is 11.1 Å². The molecule has 6 heteroatoms. The monoisotopic (exact) mass is 324 g/mol. The summed E-state index contributed by atoms with van der Waals surface area (Å²) in [7, 11) is 0. The second-order valence-electron chi connectivity index (χ2n) is 5.27. The lowest BCUT2D eigenvalue weighted by Gasteiger charge is -2.05.